The Morgan fingerprint density at radius 3 is 2.75 bits per heavy atom. The monoisotopic (exact) mass is 311 g/mol. The SMILES string of the molecule is Cc1ccncc1CNc1cc(S(N)(=O)=O)ccc1Cl. The van der Waals surface area contributed by atoms with Gasteiger partial charge in [0.25, 0.3) is 0 Å². The van der Waals surface area contributed by atoms with E-state index in [1.165, 1.54) is 18.2 Å². The normalized spacial score (nSPS) is 11.3. The average Bonchev–Trinajstić information content (AvgIpc) is 2.38. The molecule has 0 spiro atoms. The quantitative estimate of drug-likeness (QED) is 0.907. The number of aryl methyl sites for hydroxylation is 1. The van der Waals surface area contributed by atoms with Crippen LogP contribution in [0, 0.1) is 6.92 Å². The Labute approximate surface area is 122 Å². The van der Waals surface area contributed by atoms with Crippen LogP contribution in [-0.4, -0.2) is 13.4 Å². The number of nitrogens with one attached hydrogen (secondary N) is 1. The van der Waals surface area contributed by atoms with Crippen molar-refractivity contribution in [3.63, 3.8) is 0 Å². The Hall–Kier alpha value is -1.63. The molecule has 1 aromatic heterocycles. The van der Waals surface area contributed by atoms with Crippen LogP contribution in [0.25, 0.3) is 0 Å². The summed E-state index contributed by atoms with van der Waals surface area (Å²) in [5.74, 6) is 0. The van der Waals surface area contributed by atoms with Crippen molar-refractivity contribution in [3.05, 3.63) is 52.8 Å². The lowest BCUT2D eigenvalue weighted by atomic mass is 10.1. The lowest BCUT2D eigenvalue weighted by Crippen LogP contribution is -2.12. The number of sulfonamides is 1. The van der Waals surface area contributed by atoms with Gasteiger partial charge in [-0.2, -0.15) is 0 Å². The molecule has 20 heavy (non-hydrogen) atoms. The molecule has 1 aromatic carbocycles. The molecule has 5 nitrogen and oxygen atoms in total. The summed E-state index contributed by atoms with van der Waals surface area (Å²) in [5, 5.41) is 8.62. The van der Waals surface area contributed by atoms with E-state index in [0.717, 1.165) is 11.1 Å². The zero-order chi connectivity index (χ0) is 14.8. The van der Waals surface area contributed by atoms with E-state index in [-0.39, 0.29) is 4.90 Å². The maximum atomic E-state index is 11.3. The van der Waals surface area contributed by atoms with Crippen molar-refractivity contribution >= 4 is 27.3 Å². The van der Waals surface area contributed by atoms with Gasteiger partial charge in [0.05, 0.1) is 15.6 Å². The smallest absolute Gasteiger partial charge is 0.238 e. The van der Waals surface area contributed by atoms with Crippen molar-refractivity contribution in [3.8, 4) is 0 Å². The summed E-state index contributed by atoms with van der Waals surface area (Å²) in [6.45, 7) is 2.47. The zero-order valence-corrected chi connectivity index (χ0v) is 12.4. The Morgan fingerprint density at radius 2 is 2.10 bits per heavy atom. The van der Waals surface area contributed by atoms with E-state index in [9.17, 15) is 8.42 Å². The number of rotatable bonds is 4. The largest absolute Gasteiger partial charge is 0.380 e. The molecule has 0 saturated carbocycles. The third-order valence-electron chi connectivity index (χ3n) is 2.88. The maximum absolute atomic E-state index is 11.3. The van der Waals surface area contributed by atoms with E-state index in [2.05, 4.69) is 10.3 Å². The highest BCUT2D eigenvalue weighted by Crippen LogP contribution is 2.25. The number of nitrogens with zero attached hydrogens (tertiary/aromatic N) is 1. The topological polar surface area (TPSA) is 85.1 Å². The van der Waals surface area contributed by atoms with Crippen molar-refractivity contribution in [1.29, 1.82) is 0 Å². The minimum absolute atomic E-state index is 0.0207. The molecule has 0 atom stereocenters. The van der Waals surface area contributed by atoms with E-state index in [0.29, 0.717) is 17.3 Å². The predicted molar refractivity (Wildman–Crippen MR) is 79.1 cm³/mol. The summed E-state index contributed by atoms with van der Waals surface area (Å²) in [5.41, 5.74) is 2.61. The first-order chi connectivity index (χ1) is 9.38. The van der Waals surface area contributed by atoms with E-state index in [1.807, 2.05) is 13.0 Å². The van der Waals surface area contributed by atoms with Gasteiger partial charge in [0.2, 0.25) is 10.0 Å². The fourth-order valence-electron chi connectivity index (χ4n) is 1.69. The van der Waals surface area contributed by atoms with Crippen LogP contribution in [0.3, 0.4) is 0 Å². The van der Waals surface area contributed by atoms with Crippen LogP contribution in [0.1, 0.15) is 11.1 Å². The van der Waals surface area contributed by atoms with Crippen LogP contribution in [0.4, 0.5) is 5.69 Å². The number of pyridine rings is 1. The first-order valence-corrected chi connectivity index (χ1v) is 7.76. The minimum Gasteiger partial charge on any atom is -0.380 e. The summed E-state index contributed by atoms with van der Waals surface area (Å²) in [6.07, 6.45) is 3.47. The van der Waals surface area contributed by atoms with Gasteiger partial charge in [0.1, 0.15) is 0 Å². The van der Waals surface area contributed by atoms with Crippen LogP contribution in [-0.2, 0) is 16.6 Å². The standard InChI is InChI=1S/C13H14ClN3O2S/c1-9-4-5-16-7-10(9)8-17-13-6-11(20(15,18)19)2-3-12(13)14/h2-7,17H,8H2,1H3,(H2,15,18,19). The number of primary sulfonamides is 1. The van der Waals surface area contributed by atoms with Gasteiger partial charge in [-0.25, -0.2) is 13.6 Å². The highest BCUT2D eigenvalue weighted by molar-refractivity contribution is 7.89. The van der Waals surface area contributed by atoms with Crippen molar-refractivity contribution in [2.75, 3.05) is 5.32 Å². The summed E-state index contributed by atoms with van der Waals surface area (Å²) in [6, 6.07) is 6.20. The molecule has 0 fully saturated rings. The van der Waals surface area contributed by atoms with Gasteiger partial charge in [0, 0.05) is 18.9 Å². The Balaban J connectivity index is 2.24. The van der Waals surface area contributed by atoms with Crippen molar-refractivity contribution in [2.45, 2.75) is 18.4 Å². The number of aromatic nitrogens is 1. The lowest BCUT2D eigenvalue weighted by molar-refractivity contribution is 0.598. The van der Waals surface area contributed by atoms with E-state index < -0.39 is 10.0 Å². The molecule has 2 aromatic rings. The van der Waals surface area contributed by atoms with Crippen molar-refractivity contribution in [2.24, 2.45) is 5.14 Å². The summed E-state index contributed by atoms with van der Waals surface area (Å²) in [4.78, 5) is 4.07. The lowest BCUT2D eigenvalue weighted by Gasteiger charge is -2.11. The molecule has 0 saturated heterocycles. The second-order valence-electron chi connectivity index (χ2n) is 4.34. The van der Waals surface area contributed by atoms with Crippen molar-refractivity contribution in [1.82, 2.24) is 4.98 Å². The fraction of sp³-hybridized carbons (Fsp3) is 0.154. The fourth-order valence-corrected chi connectivity index (χ4v) is 2.41. The second kappa shape index (κ2) is 5.78. The maximum Gasteiger partial charge on any atom is 0.238 e. The number of benzene rings is 1. The van der Waals surface area contributed by atoms with Gasteiger partial charge < -0.3 is 5.32 Å². The van der Waals surface area contributed by atoms with Crippen molar-refractivity contribution < 1.29 is 8.42 Å². The van der Waals surface area contributed by atoms with E-state index in [4.69, 9.17) is 16.7 Å². The molecule has 0 amide bonds. The summed E-state index contributed by atoms with van der Waals surface area (Å²) >= 11 is 6.04. The molecule has 7 heteroatoms. The van der Waals surface area contributed by atoms with Gasteiger partial charge >= 0.3 is 0 Å². The van der Waals surface area contributed by atoms with Crippen LogP contribution in [0.5, 0.6) is 0 Å². The molecule has 2 rings (SSSR count). The van der Waals surface area contributed by atoms with Crippen LogP contribution >= 0.6 is 11.6 Å². The molecule has 1 heterocycles. The molecule has 106 valence electrons. The second-order valence-corrected chi connectivity index (χ2v) is 6.31. The van der Waals surface area contributed by atoms with E-state index in [1.54, 1.807) is 12.4 Å². The molecule has 3 N–H and O–H groups in total. The molecule has 0 aliphatic carbocycles. The number of halogens is 1. The molecule has 0 radical (unpaired) electrons. The third-order valence-corrected chi connectivity index (χ3v) is 4.12. The highest BCUT2D eigenvalue weighted by Gasteiger charge is 2.10. The zero-order valence-electron chi connectivity index (χ0n) is 10.8. The summed E-state index contributed by atoms with van der Waals surface area (Å²) < 4.78 is 22.6. The highest BCUT2D eigenvalue weighted by atomic mass is 35.5. The predicted octanol–water partition coefficient (Wildman–Crippen LogP) is 2.30. The van der Waals surface area contributed by atoms with Crippen LogP contribution in [0.2, 0.25) is 5.02 Å². The van der Waals surface area contributed by atoms with Crippen LogP contribution < -0.4 is 10.5 Å². The van der Waals surface area contributed by atoms with Gasteiger partial charge in [-0.15, -0.1) is 0 Å². The molecule has 0 aliphatic rings. The third kappa shape index (κ3) is 3.47. The number of anilines is 1. The van der Waals surface area contributed by atoms with Gasteiger partial charge in [-0.3, -0.25) is 4.98 Å². The van der Waals surface area contributed by atoms with E-state index >= 15 is 0 Å². The number of hydrogen-bond donors (Lipinski definition) is 2. The van der Waals surface area contributed by atoms with Gasteiger partial charge in [-0.1, -0.05) is 11.6 Å². The molecule has 0 aliphatic heterocycles. The molecular weight excluding hydrogens is 298 g/mol. The molecular formula is C13H14ClN3O2S. The Bertz CT molecular complexity index is 732. The Kier molecular flexibility index (Phi) is 4.27. The number of hydrogen-bond acceptors (Lipinski definition) is 4. The van der Waals surface area contributed by atoms with Gasteiger partial charge in [-0.05, 0) is 42.3 Å². The van der Waals surface area contributed by atoms with Gasteiger partial charge in [0.15, 0.2) is 0 Å². The first kappa shape index (κ1) is 14.8. The van der Waals surface area contributed by atoms with Crippen LogP contribution in [0.15, 0.2) is 41.6 Å². The molecule has 0 unspecified atom stereocenters. The number of nitrogens with two attached hydrogens (primary N) is 1. The first-order valence-electron chi connectivity index (χ1n) is 5.83. The Morgan fingerprint density at radius 1 is 1.35 bits per heavy atom. The average molecular weight is 312 g/mol. The molecule has 0 bridgehead atoms. The summed E-state index contributed by atoms with van der Waals surface area (Å²) in [7, 11) is -3.74. The minimum atomic E-state index is -3.74.